The second kappa shape index (κ2) is 3.35. The molecule has 70 valence electrons. The zero-order valence-corrected chi connectivity index (χ0v) is 7.84. The Labute approximate surface area is 74.2 Å². The molecule has 0 radical (unpaired) electrons. The fourth-order valence-electron chi connectivity index (χ4n) is 2.45. The quantitative estimate of drug-likeness (QED) is 0.634. The van der Waals surface area contributed by atoms with Crippen LogP contribution in [-0.4, -0.2) is 18.5 Å². The van der Waals surface area contributed by atoms with E-state index in [0.29, 0.717) is 6.10 Å². The van der Waals surface area contributed by atoms with Crippen LogP contribution in [0.1, 0.15) is 45.4 Å². The highest BCUT2D eigenvalue weighted by molar-refractivity contribution is 4.83. The maximum Gasteiger partial charge on any atom is 0.168 e. The van der Waals surface area contributed by atoms with Crippen molar-refractivity contribution in [2.75, 3.05) is 6.61 Å². The minimum atomic E-state index is -0.171. The molecule has 0 aliphatic carbocycles. The monoisotopic (exact) mass is 170 g/mol. The predicted molar refractivity (Wildman–Crippen MR) is 46.9 cm³/mol. The van der Waals surface area contributed by atoms with Crippen LogP contribution in [0.15, 0.2) is 0 Å². The van der Waals surface area contributed by atoms with Crippen LogP contribution in [0.5, 0.6) is 0 Å². The maximum atomic E-state index is 5.93. The van der Waals surface area contributed by atoms with Crippen molar-refractivity contribution < 1.29 is 9.47 Å². The zero-order chi connectivity index (χ0) is 8.44. The molecule has 0 atom stereocenters. The van der Waals surface area contributed by atoms with Crippen LogP contribution in [0, 0.1) is 0 Å². The fourth-order valence-corrected chi connectivity index (χ4v) is 2.45. The zero-order valence-electron chi connectivity index (χ0n) is 7.84. The summed E-state index contributed by atoms with van der Waals surface area (Å²) >= 11 is 0. The van der Waals surface area contributed by atoms with Gasteiger partial charge in [-0.25, -0.2) is 0 Å². The molecule has 2 heteroatoms. The summed E-state index contributed by atoms with van der Waals surface area (Å²) in [6, 6.07) is 0. The lowest BCUT2D eigenvalue weighted by Gasteiger charge is -2.44. The second-order valence-corrected chi connectivity index (χ2v) is 3.87. The number of fused-ring (bicyclic) bond motifs is 2. The van der Waals surface area contributed by atoms with E-state index in [1.165, 1.54) is 25.7 Å². The van der Waals surface area contributed by atoms with Gasteiger partial charge in [-0.05, 0) is 32.6 Å². The van der Waals surface area contributed by atoms with Crippen LogP contribution in [0.25, 0.3) is 0 Å². The Balaban J connectivity index is 2.01. The normalized spacial score (nSPS) is 41.2. The molecule has 0 aromatic heterocycles. The Kier molecular flexibility index (Phi) is 2.37. The summed E-state index contributed by atoms with van der Waals surface area (Å²) in [7, 11) is 0. The Morgan fingerprint density at radius 1 is 1.33 bits per heavy atom. The first-order valence-corrected chi connectivity index (χ1v) is 5.16. The molecule has 2 rings (SSSR count). The highest BCUT2D eigenvalue weighted by Gasteiger charge is 2.40. The van der Waals surface area contributed by atoms with Crippen LogP contribution in [0.4, 0.5) is 0 Å². The smallest absolute Gasteiger partial charge is 0.168 e. The molecule has 2 aliphatic heterocycles. The number of ether oxygens (including phenoxy) is 2. The SMILES string of the molecule is CCOC12CCCC(CCC1)O2. The van der Waals surface area contributed by atoms with Gasteiger partial charge in [-0.3, -0.25) is 0 Å². The molecule has 0 unspecified atom stereocenters. The molecule has 0 aromatic rings. The summed E-state index contributed by atoms with van der Waals surface area (Å²) in [5, 5.41) is 0. The van der Waals surface area contributed by atoms with Gasteiger partial charge in [0.25, 0.3) is 0 Å². The van der Waals surface area contributed by atoms with Gasteiger partial charge in [0, 0.05) is 19.4 Å². The molecule has 2 saturated heterocycles. The van der Waals surface area contributed by atoms with Crippen LogP contribution in [0.2, 0.25) is 0 Å². The van der Waals surface area contributed by atoms with Crippen molar-refractivity contribution in [1.29, 1.82) is 0 Å². The van der Waals surface area contributed by atoms with Crippen LogP contribution in [0.3, 0.4) is 0 Å². The lowest BCUT2D eigenvalue weighted by molar-refractivity contribution is -0.298. The topological polar surface area (TPSA) is 18.5 Å². The Bertz CT molecular complexity index is 140. The molecule has 0 saturated carbocycles. The second-order valence-electron chi connectivity index (χ2n) is 3.87. The van der Waals surface area contributed by atoms with Gasteiger partial charge in [0.05, 0.1) is 6.10 Å². The van der Waals surface area contributed by atoms with E-state index in [9.17, 15) is 0 Å². The van der Waals surface area contributed by atoms with Crippen molar-refractivity contribution in [2.24, 2.45) is 0 Å². The van der Waals surface area contributed by atoms with Crippen LogP contribution in [-0.2, 0) is 9.47 Å². The first kappa shape index (κ1) is 8.52. The number of hydrogen-bond donors (Lipinski definition) is 0. The fraction of sp³-hybridized carbons (Fsp3) is 1.00. The molecule has 0 amide bonds. The van der Waals surface area contributed by atoms with Gasteiger partial charge in [-0.15, -0.1) is 0 Å². The molecule has 2 heterocycles. The van der Waals surface area contributed by atoms with E-state index in [1.807, 2.05) is 0 Å². The highest BCUT2D eigenvalue weighted by atomic mass is 16.7. The van der Waals surface area contributed by atoms with E-state index < -0.39 is 0 Å². The predicted octanol–water partition coefficient (Wildman–Crippen LogP) is 2.47. The van der Waals surface area contributed by atoms with Gasteiger partial charge in [0.2, 0.25) is 0 Å². The van der Waals surface area contributed by atoms with Crippen molar-refractivity contribution in [3.8, 4) is 0 Å². The van der Waals surface area contributed by atoms with E-state index in [-0.39, 0.29) is 5.79 Å². The molecular weight excluding hydrogens is 152 g/mol. The summed E-state index contributed by atoms with van der Waals surface area (Å²) in [6.07, 6.45) is 7.77. The Hall–Kier alpha value is -0.0800. The first-order valence-electron chi connectivity index (χ1n) is 5.16. The van der Waals surface area contributed by atoms with Gasteiger partial charge in [-0.1, -0.05) is 0 Å². The number of rotatable bonds is 2. The van der Waals surface area contributed by atoms with Gasteiger partial charge < -0.3 is 9.47 Å². The van der Waals surface area contributed by atoms with E-state index in [1.54, 1.807) is 0 Å². The molecule has 2 fully saturated rings. The summed E-state index contributed by atoms with van der Waals surface area (Å²) in [5.74, 6) is -0.171. The Morgan fingerprint density at radius 3 is 2.58 bits per heavy atom. The molecule has 0 aromatic carbocycles. The maximum absolute atomic E-state index is 5.93. The van der Waals surface area contributed by atoms with Gasteiger partial charge >= 0.3 is 0 Å². The first-order chi connectivity index (χ1) is 5.85. The minimum Gasteiger partial charge on any atom is -0.350 e. The lowest BCUT2D eigenvalue weighted by Crippen LogP contribution is -2.46. The van der Waals surface area contributed by atoms with Crippen LogP contribution < -0.4 is 0 Å². The van der Waals surface area contributed by atoms with E-state index in [0.717, 1.165) is 19.4 Å². The standard InChI is InChI=1S/C10H18O2/c1-2-11-10-7-3-5-9(12-10)6-4-8-10/h9H,2-8H2,1H3. The third-order valence-electron chi connectivity index (χ3n) is 2.96. The molecule has 0 N–H and O–H groups in total. The van der Waals surface area contributed by atoms with Crippen molar-refractivity contribution in [2.45, 2.75) is 57.3 Å². The third kappa shape index (κ3) is 1.50. The molecule has 2 nitrogen and oxygen atoms in total. The average Bonchev–Trinajstić information content (AvgIpc) is 2.04. The highest BCUT2D eigenvalue weighted by Crippen LogP contribution is 2.39. The summed E-state index contributed by atoms with van der Waals surface area (Å²) in [4.78, 5) is 0. The van der Waals surface area contributed by atoms with Crippen molar-refractivity contribution in [3.05, 3.63) is 0 Å². The summed E-state index contributed by atoms with van der Waals surface area (Å²) in [5.41, 5.74) is 0. The van der Waals surface area contributed by atoms with E-state index in [2.05, 4.69) is 6.92 Å². The van der Waals surface area contributed by atoms with Crippen molar-refractivity contribution in [1.82, 2.24) is 0 Å². The van der Waals surface area contributed by atoms with Crippen molar-refractivity contribution in [3.63, 3.8) is 0 Å². The molecule has 2 aliphatic rings. The summed E-state index contributed by atoms with van der Waals surface area (Å²) < 4.78 is 11.6. The van der Waals surface area contributed by atoms with E-state index >= 15 is 0 Å². The third-order valence-corrected chi connectivity index (χ3v) is 2.96. The molecule has 0 spiro atoms. The molecule has 2 bridgehead atoms. The largest absolute Gasteiger partial charge is 0.350 e. The summed E-state index contributed by atoms with van der Waals surface area (Å²) in [6.45, 7) is 2.84. The van der Waals surface area contributed by atoms with Crippen LogP contribution >= 0.6 is 0 Å². The minimum absolute atomic E-state index is 0.171. The molecular formula is C10H18O2. The number of hydrogen-bond acceptors (Lipinski definition) is 2. The Morgan fingerprint density at radius 2 is 2.00 bits per heavy atom. The van der Waals surface area contributed by atoms with Gasteiger partial charge in [0.1, 0.15) is 0 Å². The molecule has 12 heavy (non-hydrogen) atoms. The van der Waals surface area contributed by atoms with Crippen molar-refractivity contribution >= 4 is 0 Å². The van der Waals surface area contributed by atoms with Gasteiger partial charge in [-0.2, -0.15) is 0 Å². The van der Waals surface area contributed by atoms with E-state index in [4.69, 9.17) is 9.47 Å². The average molecular weight is 170 g/mol. The lowest BCUT2D eigenvalue weighted by atomic mass is 9.89. The van der Waals surface area contributed by atoms with Gasteiger partial charge in [0.15, 0.2) is 5.79 Å².